The van der Waals surface area contributed by atoms with Crippen LogP contribution in [0.3, 0.4) is 0 Å². The number of halogens is 3. The number of para-hydroxylation sites is 1. The maximum absolute atomic E-state index is 12.6. The Morgan fingerprint density at radius 2 is 1.89 bits per heavy atom. The van der Waals surface area contributed by atoms with Gasteiger partial charge in [0.1, 0.15) is 11.4 Å². The van der Waals surface area contributed by atoms with Crippen LogP contribution >= 0.6 is 0 Å². The number of aromatic nitrogens is 2. The second-order valence-corrected chi connectivity index (χ2v) is 10.2. The summed E-state index contributed by atoms with van der Waals surface area (Å²) in [4.78, 5) is 24.0. The Morgan fingerprint density at radius 1 is 1.24 bits per heavy atom. The molecule has 1 aromatic carbocycles. The summed E-state index contributed by atoms with van der Waals surface area (Å²) in [6.45, 7) is 7.92. The van der Waals surface area contributed by atoms with Crippen LogP contribution in [0.15, 0.2) is 36.7 Å². The zero-order valence-corrected chi connectivity index (χ0v) is 21.4. The number of carboxylic acids is 1. The molecule has 2 aliphatic rings. The molecule has 204 valence electrons. The Morgan fingerprint density at radius 3 is 2.46 bits per heavy atom. The number of aliphatic carboxylic acids is 1. The summed E-state index contributed by atoms with van der Waals surface area (Å²) >= 11 is 0. The summed E-state index contributed by atoms with van der Waals surface area (Å²) in [5.41, 5.74) is 2.27. The third-order valence-electron chi connectivity index (χ3n) is 6.62. The lowest BCUT2D eigenvalue weighted by atomic mass is 9.76. The van der Waals surface area contributed by atoms with Crippen LogP contribution in [0.2, 0.25) is 0 Å². The molecule has 2 aromatic rings. The predicted octanol–water partition coefficient (Wildman–Crippen LogP) is 4.12. The molecule has 1 fully saturated rings. The van der Waals surface area contributed by atoms with Gasteiger partial charge in [-0.05, 0) is 36.8 Å². The number of fused-ring (bicyclic) bond motifs is 1. The summed E-state index contributed by atoms with van der Waals surface area (Å²) < 4.78 is 40.2. The number of carbonyl (C=O) groups is 2. The van der Waals surface area contributed by atoms with Crippen molar-refractivity contribution in [1.82, 2.24) is 20.0 Å². The summed E-state index contributed by atoms with van der Waals surface area (Å²) in [6, 6.07) is 8.28. The van der Waals surface area contributed by atoms with E-state index in [4.69, 9.17) is 14.6 Å². The molecule has 1 saturated heterocycles. The summed E-state index contributed by atoms with van der Waals surface area (Å²) in [5.74, 6) is -0.966. The third-order valence-corrected chi connectivity index (χ3v) is 6.62. The van der Waals surface area contributed by atoms with E-state index in [2.05, 4.69) is 53.6 Å². The fourth-order valence-electron chi connectivity index (χ4n) is 4.78. The van der Waals surface area contributed by atoms with Crippen LogP contribution in [-0.4, -0.2) is 63.1 Å². The van der Waals surface area contributed by atoms with E-state index in [-0.39, 0.29) is 17.4 Å². The number of hydrogen-bond donors (Lipinski definition) is 2. The maximum Gasteiger partial charge on any atom is 0.490 e. The van der Waals surface area contributed by atoms with Crippen molar-refractivity contribution in [1.29, 1.82) is 0 Å². The first kappa shape index (κ1) is 28.5. The minimum absolute atomic E-state index is 0.148. The van der Waals surface area contributed by atoms with Gasteiger partial charge in [0.15, 0.2) is 0 Å². The fourth-order valence-corrected chi connectivity index (χ4v) is 4.78. The van der Waals surface area contributed by atoms with Crippen LogP contribution in [-0.2, 0) is 23.2 Å². The van der Waals surface area contributed by atoms with E-state index in [1.54, 1.807) is 0 Å². The fraction of sp³-hybridized carbons (Fsp3) is 0.577. The van der Waals surface area contributed by atoms with E-state index in [0.717, 1.165) is 51.2 Å². The monoisotopic (exact) mass is 524 g/mol. The van der Waals surface area contributed by atoms with Gasteiger partial charge in [-0.3, -0.25) is 14.4 Å². The lowest BCUT2D eigenvalue weighted by molar-refractivity contribution is -0.192. The smallest absolute Gasteiger partial charge is 0.487 e. The van der Waals surface area contributed by atoms with Crippen molar-refractivity contribution in [3.63, 3.8) is 0 Å². The second kappa shape index (κ2) is 12.0. The van der Waals surface area contributed by atoms with Crippen LogP contribution in [0.25, 0.3) is 0 Å². The van der Waals surface area contributed by atoms with E-state index < -0.39 is 12.1 Å². The Labute approximate surface area is 214 Å². The molecule has 4 rings (SSSR count). The van der Waals surface area contributed by atoms with Crippen LogP contribution in [0.1, 0.15) is 56.6 Å². The Bertz CT molecular complexity index is 1060. The predicted molar refractivity (Wildman–Crippen MR) is 131 cm³/mol. The molecule has 37 heavy (non-hydrogen) atoms. The topological polar surface area (TPSA) is 96.7 Å². The molecule has 0 saturated carbocycles. The van der Waals surface area contributed by atoms with E-state index >= 15 is 0 Å². The first-order chi connectivity index (χ1) is 17.4. The zero-order chi connectivity index (χ0) is 27.2. The maximum atomic E-state index is 12.6. The molecule has 1 amide bonds. The van der Waals surface area contributed by atoms with Crippen molar-refractivity contribution >= 4 is 11.9 Å². The van der Waals surface area contributed by atoms with Crippen LogP contribution in [0.5, 0.6) is 5.75 Å². The molecule has 1 aromatic heterocycles. The Kier molecular flexibility index (Phi) is 9.22. The average Bonchev–Trinajstić information content (AvgIpc) is 3.23. The molecule has 0 radical (unpaired) electrons. The molecule has 2 aliphatic heterocycles. The lowest BCUT2D eigenvalue weighted by Crippen LogP contribution is -2.50. The van der Waals surface area contributed by atoms with Crippen LogP contribution in [0.4, 0.5) is 13.2 Å². The largest absolute Gasteiger partial charge is 0.490 e. The highest BCUT2D eigenvalue weighted by atomic mass is 19.4. The van der Waals surface area contributed by atoms with Gasteiger partial charge in [0, 0.05) is 57.3 Å². The van der Waals surface area contributed by atoms with Gasteiger partial charge in [-0.1, -0.05) is 32.0 Å². The number of rotatable bonds is 6. The highest BCUT2D eigenvalue weighted by Gasteiger charge is 2.43. The molecule has 1 atom stereocenters. The van der Waals surface area contributed by atoms with Crippen molar-refractivity contribution < 1.29 is 32.6 Å². The minimum Gasteiger partial charge on any atom is -0.487 e. The third kappa shape index (κ3) is 8.21. The molecule has 0 bridgehead atoms. The Balaban J connectivity index is 0.000000479. The van der Waals surface area contributed by atoms with E-state index in [0.29, 0.717) is 12.3 Å². The van der Waals surface area contributed by atoms with Gasteiger partial charge in [0.05, 0.1) is 6.20 Å². The number of nitrogens with one attached hydrogen (secondary N) is 1. The SMILES string of the molecule is CC(C)CNC(=O)CC1CC2(CCN(Cc3cnn(C)c3)CC2)Oc2ccccc21.O=C(O)C(F)(F)F. The molecular formula is C26H35F3N4O4. The molecular weight excluding hydrogens is 489 g/mol. The normalized spacial score (nSPS) is 18.9. The van der Waals surface area contributed by atoms with Gasteiger partial charge in [0.25, 0.3) is 0 Å². The number of carboxylic acid groups (broad SMARTS) is 1. The van der Waals surface area contributed by atoms with Gasteiger partial charge in [-0.15, -0.1) is 0 Å². The van der Waals surface area contributed by atoms with Crippen molar-refractivity contribution in [2.24, 2.45) is 13.0 Å². The molecule has 1 unspecified atom stereocenters. The molecule has 3 heterocycles. The van der Waals surface area contributed by atoms with Crippen molar-refractivity contribution in [2.75, 3.05) is 19.6 Å². The summed E-state index contributed by atoms with van der Waals surface area (Å²) in [7, 11) is 1.96. The van der Waals surface area contributed by atoms with Crippen molar-refractivity contribution in [2.45, 2.75) is 63.8 Å². The van der Waals surface area contributed by atoms with E-state index in [1.807, 2.05) is 24.0 Å². The van der Waals surface area contributed by atoms with Crippen molar-refractivity contribution in [3.8, 4) is 5.75 Å². The van der Waals surface area contributed by atoms with Gasteiger partial charge >= 0.3 is 12.1 Å². The van der Waals surface area contributed by atoms with Gasteiger partial charge in [0.2, 0.25) is 5.91 Å². The number of ether oxygens (including phenoxy) is 1. The quantitative estimate of drug-likeness (QED) is 0.590. The number of amides is 1. The van der Waals surface area contributed by atoms with Crippen molar-refractivity contribution in [3.05, 3.63) is 47.8 Å². The van der Waals surface area contributed by atoms with E-state index in [1.165, 1.54) is 11.1 Å². The first-order valence-electron chi connectivity index (χ1n) is 12.4. The highest BCUT2D eigenvalue weighted by Crippen LogP contribution is 2.46. The summed E-state index contributed by atoms with van der Waals surface area (Å²) in [6.07, 6.45) is 2.39. The Hall–Kier alpha value is -3.08. The zero-order valence-electron chi connectivity index (χ0n) is 21.4. The van der Waals surface area contributed by atoms with Gasteiger partial charge in [-0.25, -0.2) is 4.79 Å². The second-order valence-electron chi connectivity index (χ2n) is 10.2. The highest BCUT2D eigenvalue weighted by molar-refractivity contribution is 5.77. The van der Waals surface area contributed by atoms with Gasteiger partial charge < -0.3 is 15.2 Å². The summed E-state index contributed by atoms with van der Waals surface area (Å²) in [5, 5.41) is 14.5. The molecule has 8 nitrogen and oxygen atoms in total. The lowest BCUT2D eigenvalue weighted by Gasteiger charge is -2.47. The number of alkyl halides is 3. The van der Waals surface area contributed by atoms with Gasteiger partial charge in [-0.2, -0.15) is 18.3 Å². The standard InChI is InChI=1S/C24H34N4O2.C2HF3O2/c1-18(2)14-25-23(29)12-20-13-24(30-22-7-5-4-6-21(20)22)8-10-28(11-9-24)17-19-15-26-27(3)16-19;3-2(4,5)1(6)7/h4-7,15-16,18,20H,8-14,17H2,1-3H3,(H,25,29);(H,6,7). The molecule has 1 spiro atoms. The van der Waals surface area contributed by atoms with E-state index in [9.17, 15) is 18.0 Å². The minimum atomic E-state index is -5.08. The first-order valence-corrected chi connectivity index (χ1v) is 12.4. The van der Waals surface area contributed by atoms with Crippen LogP contribution in [0, 0.1) is 5.92 Å². The number of carbonyl (C=O) groups excluding carboxylic acids is 1. The average molecular weight is 525 g/mol. The number of nitrogens with zero attached hydrogens (tertiary/aromatic N) is 3. The number of piperidine rings is 1. The number of hydrogen-bond acceptors (Lipinski definition) is 5. The number of likely N-dealkylation sites (tertiary alicyclic amines) is 1. The molecule has 2 N–H and O–H groups in total. The van der Waals surface area contributed by atoms with Crippen LogP contribution < -0.4 is 10.1 Å². The number of aryl methyl sites for hydroxylation is 1. The number of benzene rings is 1. The molecule has 0 aliphatic carbocycles. The molecule has 11 heteroatoms.